The van der Waals surface area contributed by atoms with Crippen molar-refractivity contribution in [3.8, 4) is 5.75 Å². The van der Waals surface area contributed by atoms with E-state index in [4.69, 9.17) is 4.74 Å². The number of rotatable bonds is 7. The Bertz CT molecular complexity index is 388. The monoisotopic (exact) mass is 265 g/mol. The summed E-state index contributed by atoms with van der Waals surface area (Å²) in [5.41, 5.74) is 0.681. The normalized spacial score (nSPS) is 15.9. The van der Waals surface area contributed by atoms with E-state index in [1.807, 2.05) is 12.1 Å². The number of nitrogens with one attached hydrogen (secondary N) is 1. The van der Waals surface area contributed by atoms with Crippen molar-refractivity contribution in [3.05, 3.63) is 29.6 Å². The smallest absolute Gasteiger partial charge is 0.169 e. The minimum absolute atomic E-state index is 0.242. The van der Waals surface area contributed by atoms with Gasteiger partial charge in [0.2, 0.25) is 0 Å². The molecule has 0 bridgehead atoms. The Morgan fingerprint density at radius 3 is 2.84 bits per heavy atom. The molecule has 1 N–H and O–H groups in total. The molecule has 2 rings (SSSR count). The van der Waals surface area contributed by atoms with Gasteiger partial charge >= 0.3 is 0 Å². The second-order valence-electron chi connectivity index (χ2n) is 5.40. The first kappa shape index (κ1) is 14.3. The highest BCUT2D eigenvalue weighted by Crippen LogP contribution is 2.28. The minimum Gasteiger partial charge on any atom is -0.494 e. The lowest BCUT2D eigenvalue weighted by Gasteiger charge is -2.10. The van der Waals surface area contributed by atoms with Crippen LogP contribution in [-0.2, 0) is 6.54 Å². The molecule has 0 aliphatic heterocycles. The lowest BCUT2D eigenvalue weighted by Crippen LogP contribution is -2.16. The Morgan fingerprint density at radius 1 is 1.32 bits per heavy atom. The molecular weight excluding hydrogens is 241 g/mol. The molecule has 0 saturated heterocycles. The fourth-order valence-electron chi connectivity index (χ4n) is 2.89. The van der Waals surface area contributed by atoms with Gasteiger partial charge in [-0.05, 0) is 31.4 Å². The van der Waals surface area contributed by atoms with E-state index in [-0.39, 0.29) is 5.82 Å². The summed E-state index contributed by atoms with van der Waals surface area (Å²) in [5.74, 6) is 1.02. The van der Waals surface area contributed by atoms with Gasteiger partial charge in [-0.25, -0.2) is 4.39 Å². The van der Waals surface area contributed by atoms with Crippen molar-refractivity contribution in [1.29, 1.82) is 0 Å². The van der Waals surface area contributed by atoms with Crippen molar-refractivity contribution in [2.45, 2.75) is 45.1 Å². The second-order valence-corrected chi connectivity index (χ2v) is 5.40. The first-order chi connectivity index (χ1) is 9.31. The zero-order chi connectivity index (χ0) is 13.5. The second kappa shape index (κ2) is 7.49. The predicted molar refractivity (Wildman–Crippen MR) is 75.9 cm³/mol. The third-order valence-corrected chi connectivity index (χ3v) is 4.02. The zero-order valence-corrected chi connectivity index (χ0v) is 11.8. The fourth-order valence-corrected chi connectivity index (χ4v) is 2.89. The van der Waals surface area contributed by atoms with Gasteiger partial charge < -0.3 is 10.1 Å². The molecule has 0 unspecified atom stereocenters. The largest absolute Gasteiger partial charge is 0.494 e. The minimum atomic E-state index is -0.242. The van der Waals surface area contributed by atoms with Crippen LogP contribution < -0.4 is 10.1 Å². The first-order valence-corrected chi connectivity index (χ1v) is 7.33. The maximum absolute atomic E-state index is 13.9. The molecule has 0 heterocycles. The highest BCUT2D eigenvalue weighted by atomic mass is 19.1. The van der Waals surface area contributed by atoms with Gasteiger partial charge in [-0.3, -0.25) is 0 Å². The molecule has 1 aliphatic carbocycles. The molecule has 0 atom stereocenters. The number of ether oxygens (including phenoxy) is 1. The molecule has 1 aromatic carbocycles. The molecule has 19 heavy (non-hydrogen) atoms. The standard InChI is InChI=1S/C16H24FNO/c1-19-15-10-4-9-14(16(15)17)12-18-11-5-8-13-6-2-3-7-13/h4,9-10,13,18H,2-3,5-8,11-12H2,1H3. The lowest BCUT2D eigenvalue weighted by atomic mass is 10.0. The zero-order valence-electron chi connectivity index (χ0n) is 11.8. The van der Waals surface area contributed by atoms with Crippen molar-refractivity contribution >= 4 is 0 Å². The number of hydrogen-bond acceptors (Lipinski definition) is 2. The van der Waals surface area contributed by atoms with E-state index in [9.17, 15) is 4.39 Å². The van der Waals surface area contributed by atoms with Crippen molar-refractivity contribution in [2.75, 3.05) is 13.7 Å². The quantitative estimate of drug-likeness (QED) is 0.755. The molecule has 3 heteroatoms. The van der Waals surface area contributed by atoms with Crippen LogP contribution in [0, 0.1) is 11.7 Å². The Balaban J connectivity index is 1.67. The van der Waals surface area contributed by atoms with Crippen molar-refractivity contribution in [3.63, 3.8) is 0 Å². The summed E-state index contributed by atoms with van der Waals surface area (Å²) in [4.78, 5) is 0. The summed E-state index contributed by atoms with van der Waals surface area (Å²) in [5, 5.41) is 3.32. The van der Waals surface area contributed by atoms with Crippen molar-refractivity contribution < 1.29 is 9.13 Å². The molecule has 1 fully saturated rings. The number of halogens is 1. The summed E-state index contributed by atoms with van der Waals surface area (Å²) in [6, 6.07) is 5.29. The maximum Gasteiger partial charge on any atom is 0.169 e. The lowest BCUT2D eigenvalue weighted by molar-refractivity contribution is 0.383. The van der Waals surface area contributed by atoms with Gasteiger partial charge in [-0.1, -0.05) is 37.8 Å². The number of hydrogen-bond donors (Lipinski definition) is 1. The van der Waals surface area contributed by atoms with Crippen molar-refractivity contribution in [1.82, 2.24) is 5.32 Å². The van der Waals surface area contributed by atoms with Crippen LogP contribution in [0.5, 0.6) is 5.75 Å². The molecule has 0 spiro atoms. The number of benzene rings is 1. The summed E-state index contributed by atoms with van der Waals surface area (Å²) < 4.78 is 18.8. The van der Waals surface area contributed by atoms with Gasteiger partial charge in [0, 0.05) is 12.1 Å². The Labute approximate surface area is 115 Å². The molecule has 2 nitrogen and oxygen atoms in total. The van der Waals surface area contributed by atoms with Crippen LogP contribution in [0.4, 0.5) is 4.39 Å². The van der Waals surface area contributed by atoms with Crippen LogP contribution in [0.15, 0.2) is 18.2 Å². The summed E-state index contributed by atoms with van der Waals surface area (Å²) >= 11 is 0. The van der Waals surface area contributed by atoms with Gasteiger partial charge in [0.15, 0.2) is 11.6 Å². The summed E-state index contributed by atoms with van der Waals surface area (Å²) in [6.07, 6.45) is 8.14. The van der Waals surface area contributed by atoms with Gasteiger partial charge in [0.25, 0.3) is 0 Å². The SMILES string of the molecule is COc1cccc(CNCCCC2CCCC2)c1F. The van der Waals surface area contributed by atoms with Crippen LogP contribution >= 0.6 is 0 Å². The predicted octanol–water partition coefficient (Wildman–Crippen LogP) is 3.89. The van der Waals surface area contributed by atoms with Crippen LogP contribution in [0.2, 0.25) is 0 Å². The molecule has 0 radical (unpaired) electrons. The fraction of sp³-hybridized carbons (Fsp3) is 0.625. The third-order valence-electron chi connectivity index (χ3n) is 4.02. The van der Waals surface area contributed by atoms with Gasteiger partial charge in [0.1, 0.15) is 0 Å². The van der Waals surface area contributed by atoms with E-state index in [0.717, 1.165) is 12.5 Å². The van der Waals surface area contributed by atoms with Gasteiger partial charge in [-0.15, -0.1) is 0 Å². The number of methoxy groups -OCH3 is 1. The maximum atomic E-state index is 13.9. The average molecular weight is 265 g/mol. The topological polar surface area (TPSA) is 21.3 Å². The Hall–Kier alpha value is -1.09. The van der Waals surface area contributed by atoms with E-state index < -0.39 is 0 Å². The molecular formula is C16H24FNO. The van der Waals surface area contributed by atoms with Crippen LogP contribution in [0.25, 0.3) is 0 Å². The Morgan fingerprint density at radius 2 is 2.11 bits per heavy atom. The third kappa shape index (κ3) is 4.20. The summed E-state index contributed by atoms with van der Waals surface area (Å²) in [7, 11) is 1.50. The van der Waals surface area contributed by atoms with E-state index in [0.29, 0.717) is 17.9 Å². The molecule has 1 aliphatic rings. The van der Waals surface area contributed by atoms with Crippen LogP contribution in [0.3, 0.4) is 0 Å². The highest BCUT2D eigenvalue weighted by molar-refractivity contribution is 5.30. The molecule has 0 amide bonds. The van der Waals surface area contributed by atoms with Gasteiger partial charge in [-0.2, -0.15) is 0 Å². The summed E-state index contributed by atoms with van der Waals surface area (Å²) in [6.45, 7) is 1.54. The molecule has 1 saturated carbocycles. The highest BCUT2D eigenvalue weighted by Gasteiger charge is 2.14. The molecule has 106 valence electrons. The van der Waals surface area contributed by atoms with E-state index in [1.165, 1.54) is 45.6 Å². The van der Waals surface area contributed by atoms with E-state index >= 15 is 0 Å². The molecule has 0 aromatic heterocycles. The van der Waals surface area contributed by atoms with E-state index in [1.54, 1.807) is 6.07 Å². The van der Waals surface area contributed by atoms with Gasteiger partial charge in [0.05, 0.1) is 7.11 Å². The first-order valence-electron chi connectivity index (χ1n) is 7.33. The van der Waals surface area contributed by atoms with Crippen LogP contribution in [0.1, 0.15) is 44.1 Å². The van der Waals surface area contributed by atoms with Crippen molar-refractivity contribution in [2.24, 2.45) is 5.92 Å². The van der Waals surface area contributed by atoms with Crippen LogP contribution in [-0.4, -0.2) is 13.7 Å². The molecule has 1 aromatic rings. The Kier molecular flexibility index (Phi) is 5.64. The average Bonchev–Trinajstić information content (AvgIpc) is 2.93. The van der Waals surface area contributed by atoms with E-state index in [2.05, 4.69) is 5.32 Å².